The van der Waals surface area contributed by atoms with Gasteiger partial charge in [0.05, 0.1) is 27.8 Å². The molecule has 62 heavy (non-hydrogen) atoms. The first-order valence-corrected chi connectivity index (χ1v) is 20.9. The van der Waals surface area contributed by atoms with Gasteiger partial charge in [-0.25, -0.2) is 4.98 Å². The molecule has 0 aliphatic carbocycles. The highest BCUT2D eigenvalue weighted by molar-refractivity contribution is 6.12. The Morgan fingerprint density at radius 3 is 1.23 bits per heavy atom. The molecule has 0 atom stereocenters. The molecule has 0 spiro atoms. The second-order valence-corrected chi connectivity index (χ2v) is 15.6. The van der Waals surface area contributed by atoms with Crippen LogP contribution < -0.4 is 0 Å². The van der Waals surface area contributed by atoms with Gasteiger partial charge in [0, 0.05) is 32.7 Å². The summed E-state index contributed by atoms with van der Waals surface area (Å²) < 4.78 is 4.55. The Balaban J connectivity index is 1.10. The fourth-order valence-corrected chi connectivity index (χ4v) is 9.06. The standard InChI is InChI=1S/C57H37N5/c1-4-16-38(17-5-1)41-28-30-42(31-29-41)55-58-56(60-57(59-55)62-50-25-13-10-22-45(50)46-23-11-14-26-51(46)62)47-24-12-15-27-52(47)61-53-34-32-43(39-18-6-2-7-19-39)36-48(53)49-37-44(33-35-54(49)61)40-20-8-3-9-21-40/h1-37H. The topological polar surface area (TPSA) is 48.5 Å². The predicted molar refractivity (Wildman–Crippen MR) is 256 cm³/mol. The monoisotopic (exact) mass is 791 g/mol. The smallest absolute Gasteiger partial charge is 0.238 e. The molecule has 0 fully saturated rings. The predicted octanol–water partition coefficient (Wildman–Crippen LogP) is 14.4. The van der Waals surface area contributed by atoms with E-state index < -0.39 is 0 Å². The number of rotatable bonds is 7. The van der Waals surface area contributed by atoms with E-state index in [2.05, 4.69) is 228 Å². The van der Waals surface area contributed by atoms with Gasteiger partial charge in [0.25, 0.3) is 0 Å². The number of fused-ring (bicyclic) bond motifs is 6. The Morgan fingerprint density at radius 1 is 0.258 bits per heavy atom. The number of nitrogens with zero attached hydrogens (tertiary/aromatic N) is 5. The molecule has 0 amide bonds. The Morgan fingerprint density at radius 2 is 0.661 bits per heavy atom. The summed E-state index contributed by atoms with van der Waals surface area (Å²) in [5, 5.41) is 4.65. The zero-order valence-corrected chi connectivity index (χ0v) is 33.6. The molecule has 3 heterocycles. The van der Waals surface area contributed by atoms with Crippen molar-refractivity contribution in [2.45, 2.75) is 0 Å². The molecular formula is C57H37N5. The van der Waals surface area contributed by atoms with Crippen LogP contribution in [0.5, 0.6) is 0 Å². The highest BCUT2D eigenvalue weighted by atomic mass is 15.2. The SMILES string of the molecule is c1ccc(-c2ccc(-c3nc(-c4ccccc4-n4c5ccc(-c6ccccc6)cc5c5cc(-c6ccccc6)ccc54)nc(-n4c5ccccc5c5ccccc54)n3)cc2)cc1. The molecule has 0 saturated carbocycles. The number of hydrogen-bond donors (Lipinski definition) is 0. The van der Waals surface area contributed by atoms with Crippen LogP contribution in [0.15, 0.2) is 224 Å². The van der Waals surface area contributed by atoms with Gasteiger partial charge < -0.3 is 4.57 Å². The summed E-state index contributed by atoms with van der Waals surface area (Å²) in [7, 11) is 0. The molecule has 5 nitrogen and oxygen atoms in total. The van der Waals surface area contributed by atoms with Crippen LogP contribution in [0, 0.1) is 0 Å². The molecule has 0 bridgehead atoms. The van der Waals surface area contributed by atoms with Crippen molar-refractivity contribution in [2.75, 3.05) is 0 Å². The van der Waals surface area contributed by atoms with Gasteiger partial charge in [-0.1, -0.05) is 176 Å². The Hall–Kier alpha value is -8.41. The van der Waals surface area contributed by atoms with Crippen molar-refractivity contribution in [3.05, 3.63) is 224 Å². The first-order chi connectivity index (χ1) is 30.7. The number of hydrogen-bond acceptors (Lipinski definition) is 3. The van der Waals surface area contributed by atoms with Crippen LogP contribution in [-0.2, 0) is 0 Å². The Kier molecular flexibility index (Phi) is 8.42. The zero-order chi connectivity index (χ0) is 41.0. The van der Waals surface area contributed by atoms with Crippen LogP contribution in [0.1, 0.15) is 0 Å². The van der Waals surface area contributed by atoms with E-state index in [1.165, 1.54) is 33.0 Å². The van der Waals surface area contributed by atoms with E-state index in [0.29, 0.717) is 17.6 Å². The summed E-state index contributed by atoms with van der Waals surface area (Å²) in [4.78, 5) is 16.0. The Bertz CT molecular complexity index is 3460. The van der Waals surface area contributed by atoms with Gasteiger partial charge in [-0.05, 0) is 81.9 Å². The summed E-state index contributed by atoms with van der Waals surface area (Å²) in [5.74, 6) is 1.75. The second-order valence-electron chi connectivity index (χ2n) is 15.6. The molecule has 12 aromatic rings. The lowest BCUT2D eigenvalue weighted by Gasteiger charge is -2.15. The summed E-state index contributed by atoms with van der Waals surface area (Å²) >= 11 is 0. The van der Waals surface area contributed by atoms with Crippen LogP contribution in [0.2, 0.25) is 0 Å². The van der Waals surface area contributed by atoms with Crippen molar-refractivity contribution in [3.8, 4) is 67.8 Å². The summed E-state index contributed by atoms with van der Waals surface area (Å²) in [6, 6.07) is 79.3. The first kappa shape index (κ1) is 35.5. The van der Waals surface area contributed by atoms with Crippen molar-refractivity contribution in [2.24, 2.45) is 0 Å². The number of aromatic nitrogens is 5. The van der Waals surface area contributed by atoms with Crippen LogP contribution in [0.4, 0.5) is 0 Å². The Labute approximate surface area is 358 Å². The van der Waals surface area contributed by atoms with Gasteiger partial charge in [-0.3, -0.25) is 4.57 Å². The quantitative estimate of drug-likeness (QED) is 0.162. The molecule has 3 aromatic heterocycles. The molecule has 0 saturated heterocycles. The lowest BCUT2D eigenvalue weighted by atomic mass is 10.0. The molecule has 290 valence electrons. The minimum atomic E-state index is 0.562. The average molecular weight is 792 g/mol. The maximum atomic E-state index is 5.40. The van der Waals surface area contributed by atoms with Gasteiger partial charge in [0.15, 0.2) is 11.6 Å². The van der Waals surface area contributed by atoms with Gasteiger partial charge in [0.1, 0.15) is 0 Å². The van der Waals surface area contributed by atoms with Gasteiger partial charge >= 0.3 is 0 Å². The number of benzene rings is 9. The van der Waals surface area contributed by atoms with Crippen LogP contribution in [0.3, 0.4) is 0 Å². The lowest BCUT2D eigenvalue weighted by molar-refractivity contribution is 0.951. The highest BCUT2D eigenvalue weighted by Gasteiger charge is 2.22. The van der Waals surface area contributed by atoms with E-state index in [1.807, 2.05) is 6.07 Å². The highest BCUT2D eigenvalue weighted by Crippen LogP contribution is 2.40. The van der Waals surface area contributed by atoms with Crippen LogP contribution >= 0.6 is 0 Å². The summed E-state index contributed by atoms with van der Waals surface area (Å²) in [5.41, 5.74) is 14.1. The largest absolute Gasteiger partial charge is 0.309 e. The van der Waals surface area contributed by atoms with Gasteiger partial charge in [-0.2, -0.15) is 9.97 Å². The fraction of sp³-hybridized carbons (Fsp3) is 0. The molecule has 0 aliphatic rings. The molecule has 0 unspecified atom stereocenters. The van der Waals surface area contributed by atoms with Crippen LogP contribution in [-0.4, -0.2) is 24.1 Å². The molecule has 0 N–H and O–H groups in total. The van der Waals surface area contributed by atoms with Crippen molar-refractivity contribution in [1.82, 2.24) is 24.1 Å². The first-order valence-electron chi connectivity index (χ1n) is 20.9. The zero-order valence-electron chi connectivity index (χ0n) is 33.6. The minimum absolute atomic E-state index is 0.562. The molecule has 9 aromatic carbocycles. The third kappa shape index (κ3) is 5.98. The van der Waals surface area contributed by atoms with E-state index in [4.69, 9.17) is 15.0 Å². The van der Waals surface area contributed by atoms with Crippen LogP contribution in [0.25, 0.3) is 111 Å². The maximum absolute atomic E-state index is 5.40. The molecule has 12 rings (SSSR count). The maximum Gasteiger partial charge on any atom is 0.238 e. The van der Waals surface area contributed by atoms with E-state index >= 15 is 0 Å². The second kappa shape index (κ2) is 14.7. The molecule has 5 heteroatoms. The average Bonchev–Trinajstić information content (AvgIpc) is 3.87. The van der Waals surface area contributed by atoms with E-state index in [9.17, 15) is 0 Å². The molecular weight excluding hydrogens is 755 g/mol. The fourth-order valence-electron chi connectivity index (χ4n) is 9.06. The van der Waals surface area contributed by atoms with E-state index in [1.54, 1.807) is 0 Å². The van der Waals surface area contributed by atoms with E-state index in [0.717, 1.165) is 60.8 Å². The van der Waals surface area contributed by atoms with Crippen molar-refractivity contribution in [3.63, 3.8) is 0 Å². The van der Waals surface area contributed by atoms with Crippen molar-refractivity contribution in [1.29, 1.82) is 0 Å². The number of para-hydroxylation sites is 3. The molecule has 0 radical (unpaired) electrons. The van der Waals surface area contributed by atoms with E-state index in [-0.39, 0.29) is 0 Å². The summed E-state index contributed by atoms with van der Waals surface area (Å²) in [6.45, 7) is 0. The minimum Gasteiger partial charge on any atom is -0.309 e. The molecule has 0 aliphatic heterocycles. The third-order valence-electron chi connectivity index (χ3n) is 12.0. The van der Waals surface area contributed by atoms with Gasteiger partial charge in [-0.15, -0.1) is 0 Å². The third-order valence-corrected chi connectivity index (χ3v) is 12.0. The van der Waals surface area contributed by atoms with Gasteiger partial charge in [0.2, 0.25) is 5.95 Å². The lowest BCUT2D eigenvalue weighted by Crippen LogP contribution is -2.07. The summed E-state index contributed by atoms with van der Waals surface area (Å²) in [6.07, 6.45) is 0. The van der Waals surface area contributed by atoms with Crippen molar-refractivity contribution < 1.29 is 0 Å². The van der Waals surface area contributed by atoms with Crippen molar-refractivity contribution >= 4 is 43.6 Å². The normalized spacial score (nSPS) is 11.5.